The van der Waals surface area contributed by atoms with Crippen LogP contribution in [0.2, 0.25) is 0 Å². The molecule has 0 saturated heterocycles. The number of hydrogen-bond donors (Lipinski definition) is 0. The van der Waals surface area contributed by atoms with Gasteiger partial charge in [0.25, 0.3) is 0 Å². The van der Waals surface area contributed by atoms with Gasteiger partial charge in [-0.3, -0.25) is 9.59 Å². The van der Waals surface area contributed by atoms with Crippen LogP contribution in [0.4, 0.5) is 0 Å². The van der Waals surface area contributed by atoms with Crippen molar-refractivity contribution in [3.8, 4) is 0 Å². The summed E-state index contributed by atoms with van der Waals surface area (Å²) in [5.41, 5.74) is 0.554. The third-order valence-corrected chi connectivity index (χ3v) is 8.70. The molecule has 4 saturated carbocycles. The molecule has 7 atom stereocenters. The van der Waals surface area contributed by atoms with E-state index in [9.17, 15) is 9.59 Å². The first kappa shape index (κ1) is 16.6. The van der Waals surface area contributed by atoms with Crippen molar-refractivity contribution < 1.29 is 14.3 Å². The van der Waals surface area contributed by atoms with Gasteiger partial charge in [0.2, 0.25) is 0 Å². The van der Waals surface area contributed by atoms with Crippen molar-refractivity contribution in [2.75, 3.05) is 0 Å². The topological polar surface area (TPSA) is 43.4 Å². The SMILES string of the molecule is CC(=O)OC1CC[C@H]2[C@@H]3CCC4CC(=O)CC[C@]4(C)[C@@H]3CC[C@]12C. The molecular weight excluding hydrogens is 300 g/mol. The molecule has 4 aliphatic rings. The van der Waals surface area contributed by atoms with E-state index in [1.165, 1.54) is 32.1 Å². The van der Waals surface area contributed by atoms with Crippen LogP contribution in [0, 0.1) is 34.5 Å². The molecule has 3 heteroatoms. The van der Waals surface area contributed by atoms with E-state index in [1.54, 1.807) is 6.92 Å². The number of carbonyl (C=O) groups excluding carboxylic acids is 2. The molecule has 0 radical (unpaired) electrons. The minimum Gasteiger partial charge on any atom is -0.462 e. The maximum absolute atomic E-state index is 12.0. The summed E-state index contributed by atoms with van der Waals surface area (Å²) >= 11 is 0. The van der Waals surface area contributed by atoms with Crippen molar-refractivity contribution in [2.45, 2.75) is 84.7 Å². The van der Waals surface area contributed by atoms with Crippen molar-refractivity contribution in [3.63, 3.8) is 0 Å². The Labute approximate surface area is 145 Å². The van der Waals surface area contributed by atoms with E-state index in [1.807, 2.05) is 0 Å². The average Bonchev–Trinajstić information content (AvgIpc) is 2.84. The maximum atomic E-state index is 12.0. The Morgan fingerprint density at radius 2 is 1.75 bits per heavy atom. The molecule has 4 aliphatic carbocycles. The van der Waals surface area contributed by atoms with Gasteiger partial charge in [-0.1, -0.05) is 13.8 Å². The lowest BCUT2D eigenvalue weighted by Crippen LogP contribution is -2.54. The van der Waals surface area contributed by atoms with Crippen LogP contribution in [0.25, 0.3) is 0 Å². The summed E-state index contributed by atoms with van der Waals surface area (Å²) in [6.07, 6.45) is 10.1. The smallest absolute Gasteiger partial charge is 0.302 e. The van der Waals surface area contributed by atoms with Crippen LogP contribution in [0.15, 0.2) is 0 Å². The van der Waals surface area contributed by atoms with Crippen molar-refractivity contribution >= 4 is 11.8 Å². The van der Waals surface area contributed by atoms with Crippen LogP contribution in [0.1, 0.15) is 78.6 Å². The van der Waals surface area contributed by atoms with Gasteiger partial charge in [-0.05, 0) is 74.0 Å². The zero-order chi connectivity index (χ0) is 17.1. The third kappa shape index (κ3) is 2.29. The van der Waals surface area contributed by atoms with E-state index in [0.717, 1.165) is 37.5 Å². The van der Waals surface area contributed by atoms with Crippen molar-refractivity contribution in [1.29, 1.82) is 0 Å². The number of esters is 1. The van der Waals surface area contributed by atoms with Crippen molar-refractivity contribution in [1.82, 2.24) is 0 Å². The molecule has 0 amide bonds. The second kappa shape index (κ2) is 5.57. The number of ketones is 1. The fraction of sp³-hybridized carbons (Fsp3) is 0.905. The first-order valence-corrected chi connectivity index (χ1v) is 10.0. The molecule has 0 spiro atoms. The highest BCUT2D eigenvalue weighted by Crippen LogP contribution is 2.66. The van der Waals surface area contributed by atoms with Gasteiger partial charge in [0, 0.05) is 25.2 Å². The Kier molecular flexibility index (Phi) is 3.85. The van der Waals surface area contributed by atoms with Crippen LogP contribution in [-0.2, 0) is 14.3 Å². The average molecular weight is 332 g/mol. The number of ether oxygens (including phenoxy) is 1. The molecule has 4 rings (SSSR count). The van der Waals surface area contributed by atoms with Crippen molar-refractivity contribution in [3.05, 3.63) is 0 Å². The summed E-state index contributed by atoms with van der Waals surface area (Å²) in [5.74, 6) is 3.25. The van der Waals surface area contributed by atoms with Gasteiger partial charge in [-0.2, -0.15) is 0 Å². The van der Waals surface area contributed by atoms with Crippen LogP contribution < -0.4 is 0 Å². The second-order valence-electron chi connectivity index (χ2n) is 9.62. The number of Topliss-reactive ketones (excluding diaryl/α,β-unsaturated/α-hetero) is 1. The summed E-state index contributed by atoms with van der Waals surface area (Å²) in [6, 6.07) is 0. The Morgan fingerprint density at radius 3 is 2.50 bits per heavy atom. The minimum atomic E-state index is -0.120. The largest absolute Gasteiger partial charge is 0.462 e. The van der Waals surface area contributed by atoms with Gasteiger partial charge in [-0.15, -0.1) is 0 Å². The molecular formula is C21H32O3. The number of carbonyl (C=O) groups is 2. The van der Waals surface area contributed by atoms with Gasteiger partial charge in [-0.25, -0.2) is 0 Å². The number of hydrogen-bond acceptors (Lipinski definition) is 3. The predicted octanol–water partition coefficient (Wildman–Crippen LogP) is 4.53. The van der Waals surface area contributed by atoms with Gasteiger partial charge in [0.15, 0.2) is 0 Å². The summed E-state index contributed by atoms with van der Waals surface area (Å²) in [4.78, 5) is 23.5. The van der Waals surface area contributed by atoms with E-state index < -0.39 is 0 Å². The Balaban J connectivity index is 1.58. The third-order valence-electron chi connectivity index (χ3n) is 8.70. The molecule has 2 unspecified atom stereocenters. The molecule has 0 aliphatic heterocycles. The predicted molar refractivity (Wildman–Crippen MR) is 92.3 cm³/mol. The molecule has 0 heterocycles. The summed E-state index contributed by atoms with van der Waals surface area (Å²) in [5, 5.41) is 0. The highest BCUT2D eigenvalue weighted by Gasteiger charge is 2.60. The molecule has 3 nitrogen and oxygen atoms in total. The number of rotatable bonds is 1. The Bertz CT molecular complexity index is 555. The molecule has 4 fully saturated rings. The fourth-order valence-electron chi connectivity index (χ4n) is 7.39. The van der Waals surface area contributed by atoms with Gasteiger partial charge >= 0.3 is 5.97 Å². The van der Waals surface area contributed by atoms with Crippen LogP contribution >= 0.6 is 0 Å². The van der Waals surface area contributed by atoms with Crippen LogP contribution in [-0.4, -0.2) is 17.9 Å². The minimum absolute atomic E-state index is 0.120. The molecule has 0 bridgehead atoms. The molecule has 0 aromatic heterocycles. The van der Waals surface area contributed by atoms with E-state index in [0.29, 0.717) is 23.0 Å². The summed E-state index contributed by atoms with van der Waals surface area (Å²) < 4.78 is 5.73. The van der Waals surface area contributed by atoms with Gasteiger partial charge in [0.1, 0.15) is 11.9 Å². The standard InChI is InChI=1S/C21H32O3/c1-13(22)24-19-7-6-17-16-5-4-14-12-15(23)8-10-20(14,2)18(16)9-11-21(17,19)3/h14,16-19H,4-12H2,1-3H3/t14?,16-,17-,18+,19?,20-,21-/m0/s1. The maximum Gasteiger partial charge on any atom is 0.302 e. The second-order valence-corrected chi connectivity index (χ2v) is 9.62. The Morgan fingerprint density at radius 1 is 1.00 bits per heavy atom. The zero-order valence-corrected chi connectivity index (χ0v) is 15.5. The lowest BCUT2D eigenvalue weighted by atomic mass is 9.45. The van der Waals surface area contributed by atoms with E-state index >= 15 is 0 Å². The monoisotopic (exact) mass is 332 g/mol. The van der Waals surface area contributed by atoms with E-state index in [4.69, 9.17) is 4.74 Å². The first-order valence-electron chi connectivity index (χ1n) is 10.0. The van der Waals surface area contributed by atoms with Gasteiger partial charge in [0.05, 0.1) is 0 Å². The fourth-order valence-corrected chi connectivity index (χ4v) is 7.39. The zero-order valence-electron chi connectivity index (χ0n) is 15.5. The first-order chi connectivity index (χ1) is 11.3. The molecule has 0 N–H and O–H groups in total. The van der Waals surface area contributed by atoms with Crippen molar-refractivity contribution in [2.24, 2.45) is 34.5 Å². The highest BCUT2D eigenvalue weighted by atomic mass is 16.5. The highest BCUT2D eigenvalue weighted by molar-refractivity contribution is 5.79. The summed E-state index contributed by atoms with van der Waals surface area (Å²) in [6.45, 7) is 6.42. The van der Waals surface area contributed by atoms with E-state index in [-0.39, 0.29) is 17.5 Å². The Hall–Kier alpha value is -0.860. The normalized spacial score (nSPS) is 50.6. The van der Waals surface area contributed by atoms with Gasteiger partial charge < -0.3 is 4.74 Å². The molecule has 24 heavy (non-hydrogen) atoms. The molecule has 0 aromatic carbocycles. The molecule has 134 valence electrons. The molecule has 0 aromatic rings. The number of fused-ring (bicyclic) bond motifs is 5. The summed E-state index contributed by atoms with van der Waals surface area (Å²) in [7, 11) is 0. The van der Waals surface area contributed by atoms with E-state index in [2.05, 4.69) is 13.8 Å². The lowest BCUT2D eigenvalue weighted by Gasteiger charge is -2.60. The van der Waals surface area contributed by atoms with Crippen LogP contribution in [0.3, 0.4) is 0 Å². The lowest BCUT2D eigenvalue weighted by molar-refractivity contribution is -0.162. The quantitative estimate of drug-likeness (QED) is 0.663. The van der Waals surface area contributed by atoms with Crippen LogP contribution in [0.5, 0.6) is 0 Å².